The van der Waals surface area contributed by atoms with Crippen LogP contribution in [0.25, 0.3) is 0 Å². The van der Waals surface area contributed by atoms with Crippen LogP contribution in [-0.2, 0) is 4.79 Å². The van der Waals surface area contributed by atoms with Gasteiger partial charge in [0.1, 0.15) is 11.5 Å². The molecule has 0 radical (unpaired) electrons. The average molecular weight is 382 g/mol. The molecule has 9 heteroatoms. The topological polar surface area (TPSA) is 88.1 Å². The predicted molar refractivity (Wildman–Crippen MR) is 98.0 cm³/mol. The molecular formula is C17H21ClFN5O2. The lowest BCUT2D eigenvalue weighted by Gasteiger charge is -2.22. The molecule has 26 heavy (non-hydrogen) atoms. The van der Waals surface area contributed by atoms with E-state index >= 15 is 0 Å². The first-order chi connectivity index (χ1) is 12.1. The van der Waals surface area contributed by atoms with Gasteiger partial charge in [0.15, 0.2) is 0 Å². The van der Waals surface area contributed by atoms with Crippen molar-refractivity contribution in [2.75, 3.05) is 25.0 Å². The van der Waals surface area contributed by atoms with Crippen LogP contribution < -0.4 is 16.0 Å². The number of aromatic nitrogens is 2. The molecule has 3 rings (SSSR count). The van der Waals surface area contributed by atoms with Crippen LogP contribution in [0.3, 0.4) is 0 Å². The summed E-state index contributed by atoms with van der Waals surface area (Å²) in [5.41, 5.74) is 0.609. The van der Waals surface area contributed by atoms with Crippen molar-refractivity contribution in [1.82, 2.24) is 20.4 Å². The fourth-order valence-electron chi connectivity index (χ4n) is 2.74. The van der Waals surface area contributed by atoms with Gasteiger partial charge in [0.2, 0.25) is 5.91 Å². The molecule has 1 aliphatic rings. The molecule has 1 aromatic carbocycles. The van der Waals surface area contributed by atoms with Gasteiger partial charge in [-0.15, -0.1) is 12.4 Å². The Morgan fingerprint density at radius 3 is 2.92 bits per heavy atom. The zero-order valence-corrected chi connectivity index (χ0v) is 14.9. The van der Waals surface area contributed by atoms with Gasteiger partial charge in [-0.05, 0) is 43.7 Å². The number of piperidine rings is 1. The third-order valence-electron chi connectivity index (χ3n) is 4.00. The highest BCUT2D eigenvalue weighted by Gasteiger charge is 2.18. The molecule has 2 amide bonds. The van der Waals surface area contributed by atoms with Gasteiger partial charge in [-0.2, -0.15) is 5.10 Å². The number of carbonyl (C=O) groups excluding carboxylic acids is 2. The van der Waals surface area contributed by atoms with E-state index in [2.05, 4.69) is 21.0 Å². The molecular weight excluding hydrogens is 361 g/mol. The number of halogens is 2. The number of benzene rings is 1. The van der Waals surface area contributed by atoms with E-state index in [1.165, 1.54) is 18.2 Å². The molecule has 1 aromatic heterocycles. The van der Waals surface area contributed by atoms with Crippen LogP contribution in [0, 0.1) is 5.82 Å². The first kappa shape index (κ1) is 19.9. The number of nitrogens with zero attached hydrogens (tertiary/aromatic N) is 2. The third-order valence-corrected chi connectivity index (χ3v) is 4.00. The van der Waals surface area contributed by atoms with Gasteiger partial charge in [0.25, 0.3) is 5.91 Å². The summed E-state index contributed by atoms with van der Waals surface area (Å²) in [5.74, 6) is -1.30. The first-order valence-electron chi connectivity index (χ1n) is 8.21. The van der Waals surface area contributed by atoms with E-state index < -0.39 is 17.6 Å². The molecule has 7 nitrogen and oxygen atoms in total. The molecule has 0 aliphatic carbocycles. The third kappa shape index (κ3) is 5.27. The molecule has 1 atom stereocenters. The summed E-state index contributed by atoms with van der Waals surface area (Å²) in [5, 5.41) is 12.6. The van der Waals surface area contributed by atoms with Crippen LogP contribution in [0.5, 0.6) is 0 Å². The average Bonchev–Trinajstić information content (AvgIpc) is 3.11. The highest BCUT2D eigenvalue weighted by molar-refractivity contribution is 5.98. The molecule has 1 unspecified atom stereocenters. The fourth-order valence-corrected chi connectivity index (χ4v) is 2.74. The number of carbonyl (C=O) groups is 2. The second kappa shape index (κ2) is 9.30. The van der Waals surface area contributed by atoms with Crippen molar-refractivity contribution in [2.24, 2.45) is 0 Å². The lowest BCUT2D eigenvalue weighted by atomic mass is 10.1. The monoisotopic (exact) mass is 381 g/mol. The zero-order chi connectivity index (χ0) is 17.6. The van der Waals surface area contributed by atoms with Crippen molar-refractivity contribution in [3.8, 4) is 0 Å². The van der Waals surface area contributed by atoms with Gasteiger partial charge in [-0.3, -0.25) is 14.3 Å². The van der Waals surface area contributed by atoms with Crippen molar-refractivity contribution >= 4 is 29.9 Å². The van der Waals surface area contributed by atoms with Crippen LogP contribution in [0.4, 0.5) is 10.1 Å². The smallest absolute Gasteiger partial charge is 0.272 e. The highest BCUT2D eigenvalue weighted by Crippen LogP contribution is 2.15. The molecule has 1 aliphatic heterocycles. The van der Waals surface area contributed by atoms with Gasteiger partial charge in [-0.1, -0.05) is 6.07 Å². The minimum Gasteiger partial charge on any atom is -0.342 e. The molecule has 1 fully saturated rings. The van der Waals surface area contributed by atoms with E-state index in [0.29, 0.717) is 5.69 Å². The molecule has 140 valence electrons. The standard InChI is InChI=1S/C17H20FN5O2.ClH/c18-12-3-1-4-13(9-12)21-16(24)11-20-17(25)15-6-8-23(22-15)14-5-2-7-19-10-14;/h1,3-4,6,8-9,14,19H,2,5,7,10-11H2,(H,20,25)(H,21,24);1H. The Morgan fingerprint density at radius 1 is 1.35 bits per heavy atom. The van der Waals surface area contributed by atoms with Gasteiger partial charge >= 0.3 is 0 Å². The minimum atomic E-state index is -0.440. The number of hydrogen-bond donors (Lipinski definition) is 3. The largest absolute Gasteiger partial charge is 0.342 e. The van der Waals surface area contributed by atoms with E-state index in [1.807, 2.05) is 0 Å². The maximum atomic E-state index is 13.1. The second-order valence-corrected chi connectivity index (χ2v) is 5.92. The first-order valence-corrected chi connectivity index (χ1v) is 8.21. The molecule has 2 heterocycles. The summed E-state index contributed by atoms with van der Waals surface area (Å²) in [7, 11) is 0. The summed E-state index contributed by atoms with van der Waals surface area (Å²) < 4.78 is 14.9. The van der Waals surface area contributed by atoms with Gasteiger partial charge < -0.3 is 16.0 Å². The minimum absolute atomic E-state index is 0. The SMILES string of the molecule is Cl.O=C(CNC(=O)c1ccn(C2CCCNC2)n1)Nc1cccc(F)c1. The van der Waals surface area contributed by atoms with Crippen molar-refractivity contribution in [2.45, 2.75) is 18.9 Å². The van der Waals surface area contributed by atoms with E-state index in [0.717, 1.165) is 25.9 Å². The van der Waals surface area contributed by atoms with E-state index in [9.17, 15) is 14.0 Å². The fraction of sp³-hybridized carbons (Fsp3) is 0.353. The summed E-state index contributed by atoms with van der Waals surface area (Å²) in [6, 6.07) is 7.44. The Balaban J connectivity index is 0.00000243. The number of nitrogens with one attached hydrogen (secondary N) is 3. The number of anilines is 1. The number of hydrogen-bond acceptors (Lipinski definition) is 4. The van der Waals surface area contributed by atoms with Crippen molar-refractivity contribution in [3.63, 3.8) is 0 Å². The van der Waals surface area contributed by atoms with E-state index in [-0.39, 0.29) is 30.7 Å². The Bertz CT molecular complexity index is 761. The van der Waals surface area contributed by atoms with Crippen LogP contribution >= 0.6 is 12.4 Å². The van der Waals surface area contributed by atoms with Gasteiger partial charge in [0.05, 0.1) is 12.6 Å². The van der Waals surface area contributed by atoms with Crippen LogP contribution in [0.15, 0.2) is 36.5 Å². The van der Waals surface area contributed by atoms with Crippen LogP contribution in [-0.4, -0.2) is 41.2 Å². The molecule has 0 spiro atoms. The second-order valence-electron chi connectivity index (χ2n) is 5.92. The maximum absolute atomic E-state index is 13.1. The Labute approximate surface area is 156 Å². The van der Waals surface area contributed by atoms with Gasteiger partial charge in [-0.25, -0.2) is 4.39 Å². The number of rotatable bonds is 5. The lowest BCUT2D eigenvalue weighted by Crippen LogP contribution is -2.34. The van der Waals surface area contributed by atoms with E-state index in [4.69, 9.17) is 0 Å². The Hall–Kier alpha value is -2.45. The molecule has 2 aromatic rings. The molecule has 0 saturated carbocycles. The van der Waals surface area contributed by atoms with Gasteiger partial charge in [0, 0.05) is 18.4 Å². The Kier molecular flexibility index (Phi) is 7.11. The maximum Gasteiger partial charge on any atom is 0.272 e. The normalized spacial score (nSPS) is 16.4. The van der Waals surface area contributed by atoms with Crippen LogP contribution in [0.2, 0.25) is 0 Å². The predicted octanol–water partition coefficient (Wildman–Crippen LogP) is 1.74. The summed E-state index contributed by atoms with van der Waals surface area (Å²) in [6.07, 6.45) is 3.87. The number of amides is 2. The van der Waals surface area contributed by atoms with Crippen molar-refractivity contribution in [3.05, 3.63) is 48.0 Å². The lowest BCUT2D eigenvalue weighted by molar-refractivity contribution is -0.115. The molecule has 0 bridgehead atoms. The molecule has 3 N–H and O–H groups in total. The summed E-state index contributed by atoms with van der Waals surface area (Å²) in [4.78, 5) is 23.9. The Morgan fingerprint density at radius 2 is 2.19 bits per heavy atom. The quantitative estimate of drug-likeness (QED) is 0.736. The highest BCUT2D eigenvalue weighted by atomic mass is 35.5. The zero-order valence-electron chi connectivity index (χ0n) is 14.1. The van der Waals surface area contributed by atoms with Crippen molar-refractivity contribution < 1.29 is 14.0 Å². The summed E-state index contributed by atoms with van der Waals surface area (Å²) >= 11 is 0. The summed E-state index contributed by atoms with van der Waals surface area (Å²) in [6.45, 7) is 1.62. The van der Waals surface area contributed by atoms with E-state index in [1.54, 1.807) is 23.0 Å². The van der Waals surface area contributed by atoms with Crippen LogP contribution in [0.1, 0.15) is 29.4 Å². The molecule has 1 saturated heterocycles. The van der Waals surface area contributed by atoms with Crippen molar-refractivity contribution in [1.29, 1.82) is 0 Å².